The number of ether oxygens (including phenoxy) is 1. The van der Waals surface area contributed by atoms with Crippen molar-refractivity contribution in [2.75, 3.05) is 6.61 Å². The van der Waals surface area contributed by atoms with Gasteiger partial charge in [0, 0.05) is 5.02 Å². The van der Waals surface area contributed by atoms with E-state index in [4.69, 9.17) is 16.3 Å². The first kappa shape index (κ1) is 16.8. The van der Waals surface area contributed by atoms with E-state index >= 15 is 0 Å². The maximum Gasteiger partial charge on any atom is 0.277 e. The third kappa shape index (κ3) is 6.36. The van der Waals surface area contributed by atoms with E-state index < -0.39 is 0 Å². The van der Waals surface area contributed by atoms with Gasteiger partial charge in [0.25, 0.3) is 5.91 Å². The zero-order valence-electron chi connectivity index (χ0n) is 12.7. The van der Waals surface area contributed by atoms with E-state index in [2.05, 4.69) is 10.5 Å². The first-order chi connectivity index (χ1) is 11.1. The summed E-state index contributed by atoms with van der Waals surface area (Å²) < 4.78 is 5.32. The molecular weight excluding hydrogens is 312 g/mol. The molecule has 1 amide bonds. The average Bonchev–Trinajstić information content (AvgIpc) is 2.54. The van der Waals surface area contributed by atoms with E-state index in [1.807, 2.05) is 43.3 Å². The van der Waals surface area contributed by atoms with Crippen molar-refractivity contribution < 1.29 is 9.53 Å². The molecule has 23 heavy (non-hydrogen) atoms. The van der Waals surface area contributed by atoms with Gasteiger partial charge in [0.15, 0.2) is 6.61 Å². The number of carbonyl (C=O) groups is 1. The molecule has 0 saturated carbocycles. The smallest absolute Gasteiger partial charge is 0.277 e. The van der Waals surface area contributed by atoms with Crippen LogP contribution in [-0.4, -0.2) is 18.7 Å². The molecule has 2 aromatic carbocycles. The highest BCUT2D eigenvalue weighted by Gasteiger charge is 2.01. The van der Waals surface area contributed by atoms with Crippen LogP contribution in [0, 0.1) is 0 Å². The van der Waals surface area contributed by atoms with Gasteiger partial charge in [-0.2, -0.15) is 5.10 Å². The summed E-state index contributed by atoms with van der Waals surface area (Å²) in [6.07, 6.45) is 3.56. The molecule has 2 aromatic rings. The second-order valence-electron chi connectivity index (χ2n) is 4.84. The van der Waals surface area contributed by atoms with Crippen LogP contribution in [0.5, 0.6) is 5.75 Å². The summed E-state index contributed by atoms with van der Waals surface area (Å²) in [6.45, 7) is 1.78. The largest absolute Gasteiger partial charge is 0.484 e. The maximum atomic E-state index is 11.6. The Bertz CT molecular complexity index is 712. The number of carbonyl (C=O) groups excluding carboxylic acids is 1. The minimum absolute atomic E-state index is 0.126. The number of hydrazone groups is 1. The number of allylic oxidation sites excluding steroid dienone is 1. The van der Waals surface area contributed by atoms with Crippen LogP contribution in [0.2, 0.25) is 5.02 Å². The second-order valence-corrected chi connectivity index (χ2v) is 5.27. The van der Waals surface area contributed by atoms with Crippen LogP contribution in [0.25, 0.3) is 6.08 Å². The Morgan fingerprint density at radius 1 is 1.22 bits per heavy atom. The van der Waals surface area contributed by atoms with Gasteiger partial charge in [-0.25, -0.2) is 5.43 Å². The molecule has 2 rings (SSSR count). The van der Waals surface area contributed by atoms with Crippen LogP contribution in [0.3, 0.4) is 0 Å². The molecule has 0 fully saturated rings. The van der Waals surface area contributed by atoms with E-state index in [0.717, 1.165) is 11.1 Å². The number of nitrogens with zero attached hydrogens (tertiary/aromatic N) is 1. The molecular formula is C18H17ClN2O2. The van der Waals surface area contributed by atoms with Crippen LogP contribution in [-0.2, 0) is 4.79 Å². The molecule has 5 heteroatoms. The Kier molecular flexibility index (Phi) is 6.39. The number of nitrogens with one attached hydrogen (secondary N) is 1. The summed E-state index contributed by atoms with van der Waals surface area (Å²) in [6, 6.07) is 16.7. The number of hydrogen-bond acceptors (Lipinski definition) is 3. The third-order valence-electron chi connectivity index (χ3n) is 2.82. The van der Waals surface area contributed by atoms with E-state index in [9.17, 15) is 4.79 Å². The molecule has 0 aliphatic heterocycles. The lowest BCUT2D eigenvalue weighted by Gasteiger charge is -2.04. The first-order valence-corrected chi connectivity index (χ1v) is 7.45. The second kappa shape index (κ2) is 8.76. The fourth-order valence-electron chi connectivity index (χ4n) is 1.79. The van der Waals surface area contributed by atoms with Crippen LogP contribution in [0.4, 0.5) is 0 Å². The molecule has 0 spiro atoms. The minimum atomic E-state index is -0.339. The molecule has 0 saturated heterocycles. The standard InChI is InChI=1S/C18H17ClN2O2/c1-14(10-15-6-3-2-4-7-15)12-20-21-18(22)13-23-17-9-5-8-16(19)11-17/h2-12H,13H2,1H3,(H,21,22)/b14-10-,20-12-. The monoisotopic (exact) mass is 328 g/mol. The van der Waals surface area contributed by atoms with Gasteiger partial charge in [0.1, 0.15) is 5.75 Å². The SMILES string of the molecule is CC(/C=N\NC(=O)COc1cccc(Cl)c1)=C/c1ccccc1. The number of rotatable bonds is 6. The van der Waals surface area contributed by atoms with Gasteiger partial charge in [-0.3, -0.25) is 4.79 Å². The van der Waals surface area contributed by atoms with E-state index in [1.54, 1.807) is 30.5 Å². The van der Waals surface area contributed by atoms with E-state index in [0.29, 0.717) is 10.8 Å². The molecule has 0 bridgehead atoms. The average molecular weight is 329 g/mol. The minimum Gasteiger partial charge on any atom is -0.484 e. The molecule has 0 unspecified atom stereocenters. The van der Waals surface area contributed by atoms with Crippen molar-refractivity contribution in [3.8, 4) is 5.75 Å². The van der Waals surface area contributed by atoms with Gasteiger partial charge in [-0.15, -0.1) is 0 Å². The Balaban J connectivity index is 1.78. The van der Waals surface area contributed by atoms with Crippen LogP contribution >= 0.6 is 11.6 Å². The Morgan fingerprint density at radius 2 is 2.00 bits per heavy atom. The van der Waals surface area contributed by atoms with Crippen LogP contribution in [0.1, 0.15) is 12.5 Å². The Hall–Kier alpha value is -2.59. The van der Waals surface area contributed by atoms with Crippen molar-refractivity contribution >= 4 is 29.8 Å². The van der Waals surface area contributed by atoms with Crippen molar-refractivity contribution in [1.82, 2.24) is 5.43 Å². The molecule has 118 valence electrons. The molecule has 0 heterocycles. The molecule has 0 atom stereocenters. The summed E-state index contributed by atoms with van der Waals surface area (Å²) in [5.74, 6) is 0.200. The molecule has 1 N–H and O–H groups in total. The summed E-state index contributed by atoms with van der Waals surface area (Å²) >= 11 is 5.83. The van der Waals surface area contributed by atoms with Crippen molar-refractivity contribution in [1.29, 1.82) is 0 Å². The summed E-state index contributed by atoms with van der Waals surface area (Å²) in [4.78, 5) is 11.6. The zero-order chi connectivity index (χ0) is 16.5. The quantitative estimate of drug-likeness (QED) is 0.645. The van der Waals surface area contributed by atoms with Gasteiger partial charge < -0.3 is 4.74 Å². The van der Waals surface area contributed by atoms with Crippen molar-refractivity contribution in [2.24, 2.45) is 5.10 Å². The molecule has 4 nitrogen and oxygen atoms in total. The molecule has 0 aliphatic carbocycles. The number of benzene rings is 2. The normalized spacial score (nSPS) is 11.5. The van der Waals surface area contributed by atoms with Gasteiger partial charge >= 0.3 is 0 Å². The molecule has 0 radical (unpaired) electrons. The first-order valence-electron chi connectivity index (χ1n) is 7.07. The summed E-state index contributed by atoms with van der Waals surface area (Å²) in [7, 11) is 0. The van der Waals surface area contributed by atoms with Gasteiger partial charge in [-0.05, 0) is 36.3 Å². The lowest BCUT2D eigenvalue weighted by Crippen LogP contribution is -2.24. The lowest BCUT2D eigenvalue weighted by atomic mass is 10.1. The van der Waals surface area contributed by atoms with Gasteiger partial charge in [0.05, 0.1) is 6.21 Å². The lowest BCUT2D eigenvalue weighted by molar-refractivity contribution is -0.123. The number of halogens is 1. The van der Waals surface area contributed by atoms with Crippen molar-refractivity contribution in [3.05, 3.63) is 70.8 Å². The predicted molar refractivity (Wildman–Crippen MR) is 93.7 cm³/mol. The van der Waals surface area contributed by atoms with Gasteiger partial charge in [0.2, 0.25) is 0 Å². The van der Waals surface area contributed by atoms with Crippen LogP contribution in [0.15, 0.2) is 65.3 Å². The fraction of sp³-hybridized carbons (Fsp3) is 0.111. The highest BCUT2D eigenvalue weighted by Crippen LogP contribution is 2.16. The third-order valence-corrected chi connectivity index (χ3v) is 3.05. The van der Waals surface area contributed by atoms with Crippen molar-refractivity contribution in [2.45, 2.75) is 6.92 Å². The van der Waals surface area contributed by atoms with E-state index in [-0.39, 0.29) is 12.5 Å². The predicted octanol–water partition coefficient (Wildman–Crippen LogP) is 3.92. The molecule has 0 aliphatic rings. The van der Waals surface area contributed by atoms with Crippen molar-refractivity contribution in [3.63, 3.8) is 0 Å². The maximum absolute atomic E-state index is 11.6. The number of hydrogen-bond donors (Lipinski definition) is 1. The number of amides is 1. The molecule has 0 aromatic heterocycles. The van der Waals surface area contributed by atoms with Gasteiger partial charge in [-0.1, -0.05) is 54.1 Å². The highest BCUT2D eigenvalue weighted by molar-refractivity contribution is 6.30. The highest BCUT2D eigenvalue weighted by atomic mass is 35.5. The zero-order valence-corrected chi connectivity index (χ0v) is 13.5. The van der Waals surface area contributed by atoms with E-state index in [1.165, 1.54) is 0 Å². The van der Waals surface area contributed by atoms with Crippen LogP contribution < -0.4 is 10.2 Å². The topological polar surface area (TPSA) is 50.7 Å². The Labute approximate surface area is 140 Å². The fourth-order valence-corrected chi connectivity index (χ4v) is 1.97. The Morgan fingerprint density at radius 3 is 2.74 bits per heavy atom. The summed E-state index contributed by atoms with van der Waals surface area (Å²) in [5.41, 5.74) is 4.42. The summed E-state index contributed by atoms with van der Waals surface area (Å²) in [5, 5.41) is 4.46.